The molecular weight excluding hydrogens is 897 g/mol. The normalized spacial score (nSPS) is 12.6. The molecule has 0 unspecified atom stereocenters. The molecule has 1 aliphatic rings. The molecule has 0 fully saturated rings. The van der Waals surface area contributed by atoms with Crippen LogP contribution in [0.2, 0.25) is 0 Å². The molecule has 0 saturated heterocycles. The molecule has 0 N–H and O–H groups in total. The largest absolute Gasteiger partial charge is 0.339 e. The number of nitrogens with zero attached hydrogens (tertiary/aromatic N) is 8. The summed E-state index contributed by atoms with van der Waals surface area (Å²) in [6, 6.07) is 84.9. The van der Waals surface area contributed by atoms with E-state index in [0.29, 0.717) is 34.9 Å². The first-order chi connectivity index (χ1) is 35.7. The first-order valence-corrected chi connectivity index (χ1v) is 26.0. The van der Waals surface area contributed by atoms with Gasteiger partial charge in [0.15, 0.2) is 34.9 Å². The Hall–Kier alpha value is -9.57. The van der Waals surface area contributed by atoms with Gasteiger partial charge in [0.1, 0.15) is 5.82 Å². The Morgan fingerprint density at radius 2 is 0.667 bits per heavy atom. The Balaban J connectivity index is 1.11. The van der Waals surface area contributed by atoms with E-state index in [1.54, 1.807) is 0 Å². The number of fused-ring (bicyclic) bond motifs is 7. The van der Waals surface area contributed by atoms with Gasteiger partial charge in [0.2, 0.25) is 0 Å². The van der Waals surface area contributed by atoms with E-state index in [2.05, 4.69) is 174 Å². The van der Waals surface area contributed by atoms with Gasteiger partial charge in [0.05, 0.1) is 11.0 Å². The van der Waals surface area contributed by atoms with Crippen LogP contribution < -0.4 is 15.6 Å². The third-order valence-electron chi connectivity index (χ3n) is 13.9. The van der Waals surface area contributed by atoms with Crippen molar-refractivity contribution in [3.8, 4) is 79.7 Å². The number of rotatable bonds is 8. The van der Waals surface area contributed by atoms with Gasteiger partial charge in [-0.1, -0.05) is 218 Å². The van der Waals surface area contributed by atoms with Crippen molar-refractivity contribution in [2.75, 3.05) is 0 Å². The first-order valence-electron chi connectivity index (χ1n) is 24.1. The summed E-state index contributed by atoms with van der Waals surface area (Å²) in [6.07, 6.45) is 0. The summed E-state index contributed by atoms with van der Waals surface area (Å²) in [5.74, 6) is 4.56. The van der Waals surface area contributed by atoms with Gasteiger partial charge < -0.3 is 4.23 Å². The molecule has 9 heteroatoms. The van der Waals surface area contributed by atoms with Crippen molar-refractivity contribution >= 4 is 56.4 Å². The molecule has 0 bridgehead atoms. The molecule has 1 aliphatic heterocycles. The van der Waals surface area contributed by atoms with Crippen molar-refractivity contribution in [3.63, 3.8) is 0 Å². The van der Waals surface area contributed by atoms with Gasteiger partial charge in [0.25, 0.3) is 8.24 Å². The lowest BCUT2D eigenvalue weighted by atomic mass is 10.0. The van der Waals surface area contributed by atoms with E-state index < -0.39 is 8.24 Å². The molecule has 0 spiro atoms. The zero-order valence-electron chi connectivity index (χ0n) is 38.7. The average Bonchev–Trinajstić information content (AvgIpc) is 3.99. The van der Waals surface area contributed by atoms with Gasteiger partial charge in [-0.3, -0.25) is 0 Å². The highest BCUT2D eigenvalue weighted by Crippen LogP contribution is 2.39. The molecule has 13 aromatic rings. The number of hydrogen-bond acceptors (Lipinski definition) is 7. The second kappa shape index (κ2) is 16.8. The summed E-state index contributed by atoms with van der Waals surface area (Å²) in [6.45, 7) is 0. The Labute approximate surface area is 415 Å². The van der Waals surface area contributed by atoms with Crippen molar-refractivity contribution in [2.45, 2.75) is 0 Å². The van der Waals surface area contributed by atoms with E-state index in [0.717, 1.165) is 87.7 Å². The number of benzene rings is 10. The maximum Gasteiger partial charge on any atom is 0.259 e. The SMILES string of the molecule is c1ccc(-c2nc(-c3ccccc3)nc(-c3cc([Si]4(c5cc(-c6nc(-c7ccccc7)nc(-c7ccccc7)n6)c6ccccc6c5)c5ccccc5-c5nc6ccccc6n54)cc4ccccc34)n2)cc1. The summed E-state index contributed by atoms with van der Waals surface area (Å²) in [7, 11) is -3.50. The number of hydrogen-bond donors (Lipinski definition) is 0. The Morgan fingerprint density at radius 3 is 1.14 bits per heavy atom. The van der Waals surface area contributed by atoms with Crippen LogP contribution in [0, 0.1) is 0 Å². The van der Waals surface area contributed by atoms with Gasteiger partial charge >= 0.3 is 0 Å². The Morgan fingerprint density at radius 1 is 0.292 bits per heavy atom. The maximum atomic E-state index is 5.48. The van der Waals surface area contributed by atoms with Gasteiger partial charge in [-0.25, -0.2) is 34.9 Å². The zero-order valence-corrected chi connectivity index (χ0v) is 39.7. The van der Waals surface area contributed by atoms with Gasteiger partial charge in [-0.2, -0.15) is 0 Å². The van der Waals surface area contributed by atoms with E-state index in [1.165, 1.54) is 5.19 Å². The third-order valence-corrected chi connectivity index (χ3v) is 18.5. The van der Waals surface area contributed by atoms with Crippen LogP contribution >= 0.6 is 0 Å². The minimum atomic E-state index is -3.50. The molecule has 0 aliphatic carbocycles. The van der Waals surface area contributed by atoms with Crippen LogP contribution in [0.1, 0.15) is 0 Å². The summed E-state index contributed by atoms with van der Waals surface area (Å²) >= 11 is 0. The fourth-order valence-corrected chi connectivity index (χ4v) is 15.8. The van der Waals surface area contributed by atoms with Crippen molar-refractivity contribution in [3.05, 3.63) is 243 Å². The first kappa shape index (κ1) is 41.4. The van der Waals surface area contributed by atoms with Crippen molar-refractivity contribution in [2.24, 2.45) is 0 Å². The van der Waals surface area contributed by atoms with E-state index in [9.17, 15) is 0 Å². The van der Waals surface area contributed by atoms with Crippen LogP contribution in [0.5, 0.6) is 0 Å². The second-order valence-corrected chi connectivity index (χ2v) is 21.6. The average molecular weight is 937 g/mol. The van der Waals surface area contributed by atoms with Crippen molar-refractivity contribution in [1.82, 2.24) is 39.1 Å². The predicted molar refractivity (Wildman–Crippen MR) is 293 cm³/mol. The van der Waals surface area contributed by atoms with Crippen LogP contribution in [-0.4, -0.2) is 47.4 Å². The zero-order chi connectivity index (χ0) is 47.6. The molecule has 3 aromatic heterocycles. The smallest absolute Gasteiger partial charge is 0.259 e. The molecule has 336 valence electrons. The lowest BCUT2D eigenvalue weighted by Crippen LogP contribution is -2.70. The topological polar surface area (TPSA) is 95.2 Å². The van der Waals surface area contributed by atoms with Crippen LogP contribution in [0.15, 0.2) is 243 Å². The molecule has 0 amide bonds. The highest BCUT2D eigenvalue weighted by Gasteiger charge is 2.51. The van der Waals surface area contributed by atoms with Gasteiger partial charge in [0, 0.05) is 38.9 Å². The molecule has 8 nitrogen and oxygen atoms in total. The molecule has 0 saturated carbocycles. The fourth-order valence-electron chi connectivity index (χ4n) is 10.7. The monoisotopic (exact) mass is 936 g/mol. The van der Waals surface area contributed by atoms with Crippen LogP contribution in [0.4, 0.5) is 0 Å². The van der Waals surface area contributed by atoms with Gasteiger partial charge in [-0.05, 0) is 61.4 Å². The summed E-state index contributed by atoms with van der Waals surface area (Å²) in [4.78, 5) is 37.1. The lowest BCUT2D eigenvalue weighted by molar-refractivity contribution is 1.08. The third kappa shape index (κ3) is 6.70. The van der Waals surface area contributed by atoms with E-state index >= 15 is 0 Å². The Kier molecular flexibility index (Phi) is 9.68. The summed E-state index contributed by atoms with van der Waals surface area (Å²) in [5, 5.41) is 7.78. The standard InChI is InChI=1S/C63H40N8Si/c1-5-21-41(22-6-1)57-65-58(42-23-7-2-8-24-42)68-61(67-57)52-39-47(37-45-29-13-15-31-49(45)52)72(56-36-20-17-33-51(56)63-64-54-34-18-19-35-55(54)71(63)72)48-38-46-30-14-16-32-50(46)53(40-48)62-69-59(43-25-9-3-10-26-43)66-60(70-62)44-27-11-4-12-28-44/h1-40H. The summed E-state index contributed by atoms with van der Waals surface area (Å²) < 4.78 is 2.59. The number of para-hydroxylation sites is 2. The van der Waals surface area contributed by atoms with Crippen LogP contribution in [0.25, 0.3) is 112 Å². The fraction of sp³-hybridized carbons (Fsp3) is 0. The molecule has 4 heterocycles. The molecule has 14 rings (SSSR count). The maximum absolute atomic E-state index is 5.48. The predicted octanol–water partition coefficient (Wildman–Crippen LogP) is 12.2. The number of imidazole rings is 1. The molecule has 72 heavy (non-hydrogen) atoms. The minimum Gasteiger partial charge on any atom is -0.339 e. The molecule has 10 aromatic carbocycles. The molecule has 0 atom stereocenters. The second-order valence-electron chi connectivity index (χ2n) is 18.1. The highest BCUT2D eigenvalue weighted by atomic mass is 28.3. The summed E-state index contributed by atoms with van der Waals surface area (Å²) in [5.41, 5.74) is 8.61. The van der Waals surface area contributed by atoms with Gasteiger partial charge in [-0.15, -0.1) is 0 Å². The van der Waals surface area contributed by atoms with E-state index in [1.807, 2.05) is 72.8 Å². The number of aromatic nitrogens is 8. The molecular formula is C63H40N8Si. The van der Waals surface area contributed by atoms with Crippen molar-refractivity contribution < 1.29 is 0 Å². The quantitative estimate of drug-likeness (QED) is 0.140. The van der Waals surface area contributed by atoms with E-state index in [4.69, 9.17) is 34.9 Å². The Bertz CT molecular complexity index is 3900. The van der Waals surface area contributed by atoms with Crippen LogP contribution in [-0.2, 0) is 0 Å². The highest BCUT2D eigenvalue weighted by molar-refractivity contribution is 7.12. The lowest BCUT2D eigenvalue weighted by Gasteiger charge is -2.33. The molecule has 0 radical (unpaired) electrons. The minimum absolute atomic E-state index is 0.596. The van der Waals surface area contributed by atoms with Crippen molar-refractivity contribution in [1.29, 1.82) is 0 Å². The van der Waals surface area contributed by atoms with Crippen LogP contribution in [0.3, 0.4) is 0 Å². The van der Waals surface area contributed by atoms with E-state index in [-0.39, 0.29) is 0 Å².